The normalized spacial score (nSPS) is 19.6. The fourth-order valence-electron chi connectivity index (χ4n) is 5.24. The van der Waals surface area contributed by atoms with Crippen LogP contribution in [0.25, 0.3) is 10.2 Å². The van der Waals surface area contributed by atoms with E-state index in [0.29, 0.717) is 32.6 Å². The summed E-state index contributed by atoms with van der Waals surface area (Å²) in [5, 5.41) is 4.67. The number of hydrogen-bond acceptors (Lipinski definition) is 8. The molecular formula is C25H25N5O3S2. The molecule has 0 bridgehead atoms. The number of piperazine rings is 1. The second kappa shape index (κ2) is 8.91. The molecule has 2 amide bonds. The minimum absolute atomic E-state index is 0.0323. The first-order chi connectivity index (χ1) is 17.0. The van der Waals surface area contributed by atoms with Crippen molar-refractivity contribution in [3.05, 3.63) is 40.5 Å². The van der Waals surface area contributed by atoms with Crippen LogP contribution in [0.1, 0.15) is 29.3 Å². The summed E-state index contributed by atoms with van der Waals surface area (Å²) in [6, 6.07) is 6.01. The van der Waals surface area contributed by atoms with E-state index in [1.165, 1.54) is 22.2 Å². The van der Waals surface area contributed by atoms with Gasteiger partial charge < -0.3 is 15.1 Å². The molecule has 1 aliphatic carbocycles. The van der Waals surface area contributed by atoms with Crippen molar-refractivity contribution in [2.75, 3.05) is 31.5 Å². The highest BCUT2D eigenvalue weighted by Gasteiger charge is 2.33. The van der Waals surface area contributed by atoms with E-state index in [1.807, 2.05) is 23.1 Å². The summed E-state index contributed by atoms with van der Waals surface area (Å²) >= 11 is 2.95. The largest absolute Gasteiger partial charge is 0.340 e. The molecule has 2 aliphatic heterocycles. The molecule has 0 radical (unpaired) electrons. The van der Waals surface area contributed by atoms with Crippen molar-refractivity contribution in [1.82, 2.24) is 19.8 Å². The van der Waals surface area contributed by atoms with Crippen LogP contribution in [0.15, 0.2) is 29.4 Å². The number of rotatable bonds is 3. The van der Waals surface area contributed by atoms with Crippen LogP contribution in [-0.2, 0) is 33.6 Å². The number of fused-ring (bicyclic) bond motifs is 4. The number of carbonyl (C=O) groups excluding carboxylic acids is 3. The van der Waals surface area contributed by atoms with Crippen molar-refractivity contribution in [2.45, 2.75) is 37.5 Å². The van der Waals surface area contributed by atoms with E-state index in [-0.39, 0.29) is 22.8 Å². The van der Waals surface area contributed by atoms with Gasteiger partial charge in [0.1, 0.15) is 17.0 Å². The molecule has 0 spiro atoms. The van der Waals surface area contributed by atoms with Gasteiger partial charge >= 0.3 is 0 Å². The second-order valence-electron chi connectivity index (χ2n) is 9.28. The molecule has 0 saturated carbocycles. The van der Waals surface area contributed by atoms with Crippen molar-refractivity contribution in [3.8, 4) is 0 Å². The maximum atomic E-state index is 13.2. The Morgan fingerprint density at radius 1 is 1.11 bits per heavy atom. The Morgan fingerprint density at radius 3 is 2.71 bits per heavy atom. The van der Waals surface area contributed by atoms with Crippen LogP contribution in [0.4, 0.5) is 11.5 Å². The first-order valence-corrected chi connectivity index (χ1v) is 13.5. The molecule has 1 aromatic carbocycles. The monoisotopic (exact) mass is 507 g/mol. The van der Waals surface area contributed by atoms with Gasteiger partial charge in [0.2, 0.25) is 11.8 Å². The number of nitrogens with one attached hydrogen (secondary N) is 1. The summed E-state index contributed by atoms with van der Waals surface area (Å²) in [6.45, 7) is 4.03. The molecule has 1 fully saturated rings. The van der Waals surface area contributed by atoms with E-state index in [1.54, 1.807) is 29.5 Å². The summed E-state index contributed by atoms with van der Waals surface area (Å²) in [5.41, 5.74) is 3.22. The molecular weight excluding hydrogens is 482 g/mol. The third-order valence-electron chi connectivity index (χ3n) is 7.12. The van der Waals surface area contributed by atoms with E-state index in [4.69, 9.17) is 0 Å². The van der Waals surface area contributed by atoms with Crippen LogP contribution >= 0.6 is 23.1 Å². The van der Waals surface area contributed by atoms with Crippen LogP contribution in [0.2, 0.25) is 0 Å². The third-order valence-corrected chi connectivity index (χ3v) is 9.25. The summed E-state index contributed by atoms with van der Waals surface area (Å²) in [5.74, 6) is 1.01. The first-order valence-electron chi connectivity index (χ1n) is 11.9. The highest BCUT2D eigenvalue weighted by molar-refractivity contribution is 8.14. The van der Waals surface area contributed by atoms with Gasteiger partial charge in [0, 0.05) is 60.9 Å². The average molecular weight is 508 g/mol. The third kappa shape index (κ3) is 4.18. The molecule has 180 valence electrons. The predicted molar refractivity (Wildman–Crippen MR) is 136 cm³/mol. The predicted octanol–water partition coefficient (Wildman–Crippen LogP) is 3.41. The topological polar surface area (TPSA) is 95.5 Å². The number of benzene rings is 1. The molecule has 4 heterocycles. The van der Waals surface area contributed by atoms with Crippen molar-refractivity contribution < 1.29 is 14.4 Å². The second-order valence-corrected chi connectivity index (χ2v) is 11.5. The van der Waals surface area contributed by atoms with E-state index in [2.05, 4.69) is 15.3 Å². The molecule has 2 aromatic heterocycles. The van der Waals surface area contributed by atoms with Crippen molar-refractivity contribution >= 4 is 61.8 Å². The number of aryl methyl sites for hydroxylation is 1. The molecule has 1 N–H and O–H groups in total. The molecule has 1 saturated heterocycles. The number of hydrogen-bond donors (Lipinski definition) is 1. The van der Waals surface area contributed by atoms with Gasteiger partial charge in [0.15, 0.2) is 5.12 Å². The molecule has 3 aromatic rings. The number of amides is 2. The molecule has 10 heteroatoms. The van der Waals surface area contributed by atoms with Gasteiger partial charge in [-0.15, -0.1) is 11.3 Å². The van der Waals surface area contributed by atoms with Gasteiger partial charge in [-0.3, -0.25) is 14.4 Å². The van der Waals surface area contributed by atoms with E-state index in [9.17, 15) is 14.4 Å². The van der Waals surface area contributed by atoms with Gasteiger partial charge in [0.05, 0.1) is 5.39 Å². The van der Waals surface area contributed by atoms with Crippen molar-refractivity contribution in [3.63, 3.8) is 0 Å². The Hall–Kier alpha value is -2.98. The number of thiophene rings is 1. The highest BCUT2D eigenvalue weighted by Crippen LogP contribution is 2.41. The maximum absolute atomic E-state index is 13.2. The standard InChI is InChI=1S/C25H25N5O3S2/c1-14(31)29-6-8-30(9-7-29)25(33)16-3-5-18-20(10-16)35-24-22(18)23(26-13-27-24)28-17-4-2-15-11-21(32)34-19(15)12-17/h2,4,12-13,16H,3,5-11H2,1H3,(H,26,27,28). The Balaban J connectivity index is 1.21. The summed E-state index contributed by atoms with van der Waals surface area (Å²) < 4.78 is 0. The highest BCUT2D eigenvalue weighted by atomic mass is 32.2. The maximum Gasteiger partial charge on any atom is 0.226 e. The lowest BCUT2D eigenvalue weighted by atomic mass is 9.86. The SMILES string of the molecule is CC(=O)N1CCN(C(=O)C2CCc3c(sc4ncnc(Nc5ccc6c(c5)SC(=O)C6)c34)C2)CC1. The molecule has 35 heavy (non-hydrogen) atoms. The molecule has 6 rings (SSSR count). The van der Waals surface area contributed by atoms with Gasteiger partial charge in [-0.25, -0.2) is 9.97 Å². The summed E-state index contributed by atoms with van der Waals surface area (Å²) in [6.07, 6.45) is 4.41. The van der Waals surface area contributed by atoms with E-state index >= 15 is 0 Å². The van der Waals surface area contributed by atoms with E-state index in [0.717, 1.165) is 51.4 Å². The van der Waals surface area contributed by atoms with Gasteiger partial charge in [-0.05, 0) is 42.5 Å². The zero-order valence-corrected chi connectivity index (χ0v) is 21.0. The molecule has 8 nitrogen and oxygen atoms in total. The molecule has 1 unspecified atom stereocenters. The number of aromatic nitrogens is 2. The Morgan fingerprint density at radius 2 is 1.91 bits per heavy atom. The van der Waals surface area contributed by atoms with Crippen LogP contribution in [-0.4, -0.2) is 62.9 Å². The number of anilines is 2. The quantitative estimate of drug-likeness (QED) is 0.581. The Labute approximate surface area is 211 Å². The first kappa shape index (κ1) is 22.5. The lowest BCUT2D eigenvalue weighted by molar-refractivity contribution is -0.141. The molecule has 1 atom stereocenters. The number of carbonyl (C=O) groups is 3. The van der Waals surface area contributed by atoms with Crippen LogP contribution < -0.4 is 5.32 Å². The zero-order valence-electron chi connectivity index (χ0n) is 19.4. The summed E-state index contributed by atoms with van der Waals surface area (Å²) in [7, 11) is 0. The fraction of sp³-hybridized carbons (Fsp3) is 0.400. The Kier molecular flexibility index (Phi) is 5.72. The van der Waals surface area contributed by atoms with Crippen LogP contribution in [0.5, 0.6) is 0 Å². The van der Waals surface area contributed by atoms with Crippen LogP contribution in [0, 0.1) is 5.92 Å². The Bertz CT molecular complexity index is 1360. The minimum Gasteiger partial charge on any atom is -0.340 e. The number of nitrogens with zero attached hydrogens (tertiary/aromatic N) is 4. The fourth-order valence-corrected chi connectivity index (χ4v) is 7.44. The number of thioether (sulfide) groups is 1. The lowest BCUT2D eigenvalue weighted by Crippen LogP contribution is -2.51. The van der Waals surface area contributed by atoms with Gasteiger partial charge in [-0.2, -0.15) is 0 Å². The summed E-state index contributed by atoms with van der Waals surface area (Å²) in [4.78, 5) is 52.6. The van der Waals surface area contributed by atoms with Gasteiger partial charge in [-0.1, -0.05) is 17.8 Å². The van der Waals surface area contributed by atoms with Crippen molar-refractivity contribution in [1.29, 1.82) is 0 Å². The molecule has 3 aliphatic rings. The average Bonchev–Trinajstić information content (AvgIpc) is 3.42. The minimum atomic E-state index is -0.0323. The smallest absolute Gasteiger partial charge is 0.226 e. The van der Waals surface area contributed by atoms with Crippen LogP contribution in [0.3, 0.4) is 0 Å². The van der Waals surface area contributed by atoms with Gasteiger partial charge in [0.25, 0.3) is 0 Å². The van der Waals surface area contributed by atoms with E-state index < -0.39 is 0 Å². The zero-order chi connectivity index (χ0) is 24.1. The van der Waals surface area contributed by atoms with Crippen molar-refractivity contribution in [2.24, 2.45) is 5.92 Å². The lowest BCUT2D eigenvalue weighted by Gasteiger charge is -2.36.